The van der Waals surface area contributed by atoms with Gasteiger partial charge in [0.15, 0.2) is 5.82 Å². The maximum Gasteiger partial charge on any atom is 0.257 e. The van der Waals surface area contributed by atoms with Gasteiger partial charge in [0.25, 0.3) is 5.91 Å². The molecule has 0 radical (unpaired) electrons. The molecule has 4 rings (SSSR count). The van der Waals surface area contributed by atoms with E-state index < -0.39 is 0 Å². The van der Waals surface area contributed by atoms with Gasteiger partial charge in [-0.2, -0.15) is 10.1 Å². The predicted octanol–water partition coefficient (Wildman–Crippen LogP) is 1.55. The van der Waals surface area contributed by atoms with Crippen molar-refractivity contribution in [3.8, 4) is 0 Å². The van der Waals surface area contributed by atoms with E-state index in [1.54, 1.807) is 12.4 Å². The highest BCUT2D eigenvalue weighted by Crippen LogP contribution is 2.25. The Bertz CT molecular complexity index is 726. The number of aromatic nitrogens is 4. The molecule has 4 heterocycles. The van der Waals surface area contributed by atoms with Crippen LogP contribution in [0.1, 0.15) is 53.7 Å². The third kappa shape index (κ3) is 4.54. The van der Waals surface area contributed by atoms with E-state index in [1.165, 1.54) is 0 Å². The number of H-pyrrole nitrogens is 1. The first-order chi connectivity index (χ1) is 13.3. The molecular weight excluding hydrogens is 350 g/mol. The van der Waals surface area contributed by atoms with Gasteiger partial charge in [-0.1, -0.05) is 5.16 Å². The van der Waals surface area contributed by atoms with Crippen molar-refractivity contribution in [1.82, 2.24) is 25.2 Å². The lowest BCUT2D eigenvalue weighted by Gasteiger charge is -2.32. The lowest BCUT2D eigenvalue weighted by atomic mass is 10.0. The zero-order valence-corrected chi connectivity index (χ0v) is 15.3. The smallest absolute Gasteiger partial charge is 0.257 e. The molecule has 1 N–H and O–H groups in total. The van der Waals surface area contributed by atoms with Crippen LogP contribution in [-0.4, -0.2) is 70.2 Å². The molecule has 0 spiro atoms. The standard InChI is InChI=1S/C18H25N5O4/c24-18(14-10-19-20-11-14)23-6-1-2-15(12-23)26-9-5-16-21-17(27-22-16)13-3-7-25-8-4-13/h10-11,13,15H,1-9,12H2,(H,19,20). The summed E-state index contributed by atoms with van der Waals surface area (Å²) in [5.74, 6) is 1.69. The van der Waals surface area contributed by atoms with E-state index in [1.807, 2.05) is 4.90 Å². The van der Waals surface area contributed by atoms with Gasteiger partial charge < -0.3 is 18.9 Å². The highest BCUT2D eigenvalue weighted by Gasteiger charge is 2.26. The highest BCUT2D eigenvalue weighted by atomic mass is 16.5. The average molecular weight is 375 g/mol. The van der Waals surface area contributed by atoms with Gasteiger partial charge in [0.05, 0.1) is 24.5 Å². The number of hydrogen-bond acceptors (Lipinski definition) is 7. The molecule has 1 atom stereocenters. The Kier molecular flexibility index (Phi) is 5.78. The van der Waals surface area contributed by atoms with E-state index in [0.717, 1.165) is 45.4 Å². The van der Waals surface area contributed by atoms with Gasteiger partial charge in [-0.25, -0.2) is 0 Å². The molecule has 0 bridgehead atoms. The van der Waals surface area contributed by atoms with Crippen molar-refractivity contribution in [3.63, 3.8) is 0 Å². The van der Waals surface area contributed by atoms with Crippen molar-refractivity contribution in [2.24, 2.45) is 0 Å². The zero-order chi connectivity index (χ0) is 18.5. The summed E-state index contributed by atoms with van der Waals surface area (Å²) in [6.07, 6.45) is 7.58. The maximum atomic E-state index is 12.4. The summed E-state index contributed by atoms with van der Waals surface area (Å²) in [6, 6.07) is 0. The lowest BCUT2D eigenvalue weighted by molar-refractivity contribution is 0.00251. The van der Waals surface area contributed by atoms with Crippen LogP contribution in [0.3, 0.4) is 0 Å². The fourth-order valence-corrected chi connectivity index (χ4v) is 3.61. The summed E-state index contributed by atoms with van der Waals surface area (Å²) in [5, 5.41) is 10.6. The molecule has 2 saturated heterocycles. The summed E-state index contributed by atoms with van der Waals surface area (Å²) >= 11 is 0. The molecule has 1 amide bonds. The van der Waals surface area contributed by atoms with Gasteiger partial charge in [0.1, 0.15) is 0 Å². The fraction of sp³-hybridized carbons (Fsp3) is 0.667. The summed E-state index contributed by atoms with van der Waals surface area (Å²) < 4.78 is 16.7. The van der Waals surface area contributed by atoms with Crippen molar-refractivity contribution in [1.29, 1.82) is 0 Å². The first-order valence-corrected chi connectivity index (χ1v) is 9.59. The number of aromatic amines is 1. The second-order valence-corrected chi connectivity index (χ2v) is 7.06. The lowest BCUT2D eigenvalue weighted by Crippen LogP contribution is -2.43. The molecular formula is C18H25N5O4. The van der Waals surface area contributed by atoms with E-state index in [-0.39, 0.29) is 12.0 Å². The second-order valence-electron chi connectivity index (χ2n) is 7.06. The molecule has 2 aromatic rings. The van der Waals surface area contributed by atoms with Crippen LogP contribution in [0.25, 0.3) is 0 Å². The van der Waals surface area contributed by atoms with Gasteiger partial charge in [0.2, 0.25) is 5.89 Å². The molecule has 0 saturated carbocycles. The molecule has 27 heavy (non-hydrogen) atoms. The first-order valence-electron chi connectivity index (χ1n) is 9.59. The van der Waals surface area contributed by atoms with Gasteiger partial charge in [-0.3, -0.25) is 9.89 Å². The van der Waals surface area contributed by atoms with E-state index >= 15 is 0 Å². The number of likely N-dealkylation sites (tertiary alicyclic amines) is 1. The second kappa shape index (κ2) is 8.62. The number of carbonyl (C=O) groups excluding carboxylic acids is 1. The third-order valence-electron chi connectivity index (χ3n) is 5.14. The minimum Gasteiger partial charge on any atom is -0.381 e. The van der Waals surface area contributed by atoms with Crippen molar-refractivity contribution in [3.05, 3.63) is 29.7 Å². The van der Waals surface area contributed by atoms with Crippen LogP contribution in [-0.2, 0) is 15.9 Å². The number of rotatable bonds is 6. The van der Waals surface area contributed by atoms with E-state index in [4.69, 9.17) is 14.0 Å². The Morgan fingerprint density at radius 3 is 3.04 bits per heavy atom. The Labute approximate surface area is 157 Å². The third-order valence-corrected chi connectivity index (χ3v) is 5.14. The summed E-state index contributed by atoms with van der Waals surface area (Å²) in [4.78, 5) is 18.8. The largest absolute Gasteiger partial charge is 0.381 e. The number of hydrogen-bond donors (Lipinski definition) is 1. The molecule has 146 valence electrons. The van der Waals surface area contributed by atoms with Gasteiger partial charge >= 0.3 is 0 Å². The zero-order valence-electron chi connectivity index (χ0n) is 15.3. The topological polar surface area (TPSA) is 106 Å². The summed E-state index contributed by atoms with van der Waals surface area (Å²) in [6.45, 7) is 3.38. The van der Waals surface area contributed by atoms with E-state index in [0.29, 0.717) is 42.8 Å². The Morgan fingerprint density at radius 1 is 1.33 bits per heavy atom. The van der Waals surface area contributed by atoms with Crippen LogP contribution in [0.5, 0.6) is 0 Å². The minimum atomic E-state index is -0.00341. The quantitative estimate of drug-likeness (QED) is 0.816. The maximum absolute atomic E-state index is 12.4. The fourth-order valence-electron chi connectivity index (χ4n) is 3.61. The average Bonchev–Trinajstić information content (AvgIpc) is 3.41. The summed E-state index contributed by atoms with van der Waals surface area (Å²) in [5.41, 5.74) is 0.586. The van der Waals surface area contributed by atoms with Crippen LogP contribution in [0.4, 0.5) is 0 Å². The van der Waals surface area contributed by atoms with Gasteiger partial charge in [-0.05, 0) is 25.7 Å². The number of piperidine rings is 1. The normalized spacial score (nSPS) is 21.5. The van der Waals surface area contributed by atoms with Gasteiger partial charge in [0, 0.05) is 44.8 Å². The molecule has 2 aromatic heterocycles. The van der Waals surface area contributed by atoms with Crippen LogP contribution in [0, 0.1) is 0 Å². The first kappa shape index (κ1) is 18.1. The molecule has 1 unspecified atom stereocenters. The Hall–Kier alpha value is -2.26. The molecule has 2 fully saturated rings. The molecule has 9 heteroatoms. The van der Waals surface area contributed by atoms with E-state index in [2.05, 4.69) is 20.3 Å². The van der Waals surface area contributed by atoms with Crippen molar-refractivity contribution < 1.29 is 18.8 Å². The Morgan fingerprint density at radius 2 is 2.22 bits per heavy atom. The minimum absolute atomic E-state index is 0.00341. The highest BCUT2D eigenvalue weighted by molar-refractivity contribution is 5.93. The van der Waals surface area contributed by atoms with Crippen LogP contribution >= 0.6 is 0 Å². The monoisotopic (exact) mass is 375 g/mol. The predicted molar refractivity (Wildman–Crippen MR) is 94.3 cm³/mol. The molecule has 0 aliphatic carbocycles. The number of carbonyl (C=O) groups is 1. The number of nitrogens with zero attached hydrogens (tertiary/aromatic N) is 4. The van der Waals surface area contributed by atoms with E-state index in [9.17, 15) is 4.79 Å². The number of nitrogens with one attached hydrogen (secondary N) is 1. The Balaban J connectivity index is 1.23. The molecule has 2 aliphatic heterocycles. The van der Waals surface area contributed by atoms with Gasteiger partial charge in [-0.15, -0.1) is 0 Å². The molecule has 0 aromatic carbocycles. The van der Waals surface area contributed by atoms with Crippen molar-refractivity contribution in [2.45, 2.75) is 44.1 Å². The van der Waals surface area contributed by atoms with Crippen LogP contribution < -0.4 is 0 Å². The SMILES string of the molecule is O=C(c1cn[nH]c1)N1CCCC(OCCc2noc(C3CCOCC3)n2)C1. The van der Waals surface area contributed by atoms with Crippen LogP contribution in [0.15, 0.2) is 16.9 Å². The van der Waals surface area contributed by atoms with Crippen LogP contribution in [0.2, 0.25) is 0 Å². The van der Waals surface area contributed by atoms with Crippen molar-refractivity contribution >= 4 is 5.91 Å². The number of ether oxygens (including phenoxy) is 2. The summed E-state index contributed by atoms with van der Waals surface area (Å²) in [7, 11) is 0. The molecule has 2 aliphatic rings. The van der Waals surface area contributed by atoms with Crippen molar-refractivity contribution in [2.75, 3.05) is 32.9 Å². The molecule has 9 nitrogen and oxygen atoms in total. The number of amides is 1.